The molecule has 2 N–H and O–H groups in total. The first-order chi connectivity index (χ1) is 7.19. The fourth-order valence-electron chi connectivity index (χ4n) is 1.16. The molecule has 0 aliphatic heterocycles. The molecule has 0 aromatic rings. The minimum absolute atomic E-state index is 0.0651. The molecule has 0 heterocycles. The van der Waals surface area contributed by atoms with Gasteiger partial charge in [-0.25, -0.2) is 0 Å². The van der Waals surface area contributed by atoms with Crippen LogP contribution in [0.25, 0.3) is 0 Å². The maximum absolute atomic E-state index is 12.1. The number of rotatable bonds is 7. The minimum Gasteiger partial charge on any atom is -0.369 e. The summed E-state index contributed by atoms with van der Waals surface area (Å²) >= 11 is 0. The molecule has 1 atom stereocenters. The van der Waals surface area contributed by atoms with Crippen LogP contribution in [-0.4, -0.2) is 25.4 Å². The molecule has 0 amide bonds. The summed E-state index contributed by atoms with van der Waals surface area (Å²) in [5, 5.41) is 0. The molecule has 0 aromatic carbocycles. The number of nitrogens with two attached hydrogens (primary N) is 1. The molecule has 16 heavy (non-hydrogen) atoms. The first kappa shape index (κ1) is 15.7. The van der Waals surface area contributed by atoms with E-state index in [1.807, 2.05) is 13.8 Å². The SMILES string of the molecule is CC(OCCCCC(C)(C)CN)C(F)(F)F. The van der Waals surface area contributed by atoms with Gasteiger partial charge in [-0.1, -0.05) is 20.3 Å². The Kier molecular flexibility index (Phi) is 6.33. The van der Waals surface area contributed by atoms with Crippen molar-refractivity contribution in [3.05, 3.63) is 0 Å². The minimum atomic E-state index is -4.25. The van der Waals surface area contributed by atoms with E-state index in [9.17, 15) is 13.2 Å². The van der Waals surface area contributed by atoms with Gasteiger partial charge in [-0.3, -0.25) is 0 Å². The summed E-state index contributed by atoms with van der Waals surface area (Å²) in [6.07, 6.45) is -3.53. The van der Waals surface area contributed by atoms with Gasteiger partial charge in [-0.05, 0) is 31.7 Å². The lowest BCUT2D eigenvalue weighted by Crippen LogP contribution is -2.29. The molecule has 0 saturated heterocycles. The van der Waals surface area contributed by atoms with Gasteiger partial charge >= 0.3 is 6.18 Å². The van der Waals surface area contributed by atoms with Crippen molar-refractivity contribution in [3.8, 4) is 0 Å². The lowest BCUT2D eigenvalue weighted by Gasteiger charge is -2.22. The zero-order chi connectivity index (χ0) is 12.8. The molecule has 0 radical (unpaired) electrons. The molecule has 0 spiro atoms. The van der Waals surface area contributed by atoms with Crippen molar-refractivity contribution in [2.75, 3.05) is 13.2 Å². The van der Waals surface area contributed by atoms with Crippen LogP contribution in [-0.2, 0) is 4.74 Å². The fraction of sp³-hybridized carbons (Fsp3) is 1.00. The van der Waals surface area contributed by atoms with Crippen LogP contribution in [0.15, 0.2) is 0 Å². The molecule has 98 valence electrons. The third-order valence-electron chi connectivity index (χ3n) is 2.63. The van der Waals surface area contributed by atoms with E-state index in [0.29, 0.717) is 13.0 Å². The lowest BCUT2D eigenvalue weighted by atomic mass is 9.87. The molecule has 0 fully saturated rings. The van der Waals surface area contributed by atoms with Crippen LogP contribution in [0, 0.1) is 5.41 Å². The van der Waals surface area contributed by atoms with Gasteiger partial charge in [0, 0.05) is 6.61 Å². The number of halogens is 3. The Hall–Kier alpha value is -0.290. The van der Waals surface area contributed by atoms with E-state index in [1.54, 1.807) is 0 Å². The van der Waals surface area contributed by atoms with Gasteiger partial charge in [0.1, 0.15) is 0 Å². The van der Waals surface area contributed by atoms with Crippen molar-refractivity contribution >= 4 is 0 Å². The molecule has 1 unspecified atom stereocenters. The van der Waals surface area contributed by atoms with Gasteiger partial charge in [-0.2, -0.15) is 13.2 Å². The quantitative estimate of drug-likeness (QED) is 0.695. The lowest BCUT2D eigenvalue weighted by molar-refractivity contribution is -0.214. The van der Waals surface area contributed by atoms with Crippen LogP contribution in [0.1, 0.15) is 40.0 Å². The van der Waals surface area contributed by atoms with Crippen LogP contribution in [0.4, 0.5) is 13.2 Å². The first-order valence-electron chi connectivity index (χ1n) is 5.57. The van der Waals surface area contributed by atoms with Crippen LogP contribution < -0.4 is 5.73 Å². The van der Waals surface area contributed by atoms with Crippen molar-refractivity contribution in [2.24, 2.45) is 11.1 Å². The second-order valence-corrected chi connectivity index (χ2v) is 4.88. The van der Waals surface area contributed by atoms with Gasteiger partial charge in [0.2, 0.25) is 0 Å². The van der Waals surface area contributed by atoms with Crippen LogP contribution in [0.2, 0.25) is 0 Å². The molecule has 2 nitrogen and oxygen atoms in total. The molecular formula is C11H22F3NO. The van der Waals surface area contributed by atoms with Crippen molar-refractivity contribution in [3.63, 3.8) is 0 Å². The summed E-state index contributed by atoms with van der Waals surface area (Å²) in [6, 6.07) is 0. The summed E-state index contributed by atoms with van der Waals surface area (Å²) in [6.45, 7) is 5.87. The molecule has 0 bridgehead atoms. The zero-order valence-electron chi connectivity index (χ0n) is 10.2. The molecule has 5 heteroatoms. The first-order valence-corrected chi connectivity index (χ1v) is 5.57. The van der Waals surface area contributed by atoms with E-state index in [4.69, 9.17) is 10.5 Å². The molecule has 0 aliphatic rings. The summed E-state index contributed by atoms with van der Waals surface area (Å²) in [7, 11) is 0. The maximum Gasteiger partial charge on any atom is 0.414 e. The third-order valence-corrected chi connectivity index (χ3v) is 2.63. The van der Waals surface area contributed by atoms with Crippen LogP contribution in [0.5, 0.6) is 0 Å². The van der Waals surface area contributed by atoms with E-state index in [2.05, 4.69) is 0 Å². The monoisotopic (exact) mass is 241 g/mol. The van der Waals surface area contributed by atoms with Gasteiger partial charge in [0.15, 0.2) is 6.10 Å². The maximum atomic E-state index is 12.1. The highest BCUT2D eigenvalue weighted by Gasteiger charge is 2.36. The molecule has 0 aliphatic carbocycles. The highest BCUT2D eigenvalue weighted by molar-refractivity contribution is 4.69. The zero-order valence-corrected chi connectivity index (χ0v) is 10.2. The molecule has 0 aromatic heterocycles. The number of ether oxygens (including phenoxy) is 1. The van der Waals surface area contributed by atoms with Crippen LogP contribution >= 0.6 is 0 Å². The fourth-order valence-corrected chi connectivity index (χ4v) is 1.16. The Morgan fingerprint density at radius 1 is 1.19 bits per heavy atom. The van der Waals surface area contributed by atoms with Crippen LogP contribution in [0.3, 0.4) is 0 Å². The predicted octanol–water partition coefficient (Wildman–Crippen LogP) is 3.11. The van der Waals surface area contributed by atoms with Crippen molar-refractivity contribution < 1.29 is 17.9 Å². The summed E-state index contributed by atoms with van der Waals surface area (Å²) < 4.78 is 40.9. The smallest absolute Gasteiger partial charge is 0.369 e. The Bertz CT molecular complexity index is 192. The summed E-state index contributed by atoms with van der Waals surface area (Å²) in [5.41, 5.74) is 5.61. The Morgan fingerprint density at radius 3 is 2.19 bits per heavy atom. The third kappa shape index (κ3) is 7.06. The second-order valence-electron chi connectivity index (χ2n) is 4.88. The highest BCUT2D eigenvalue weighted by atomic mass is 19.4. The Balaban J connectivity index is 3.55. The van der Waals surface area contributed by atoms with Gasteiger partial charge in [0.05, 0.1) is 0 Å². The van der Waals surface area contributed by atoms with E-state index >= 15 is 0 Å². The average molecular weight is 241 g/mol. The topological polar surface area (TPSA) is 35.2 Å². The standard InChI is InChI=1S/C11H22F3NO/c1-9(11(12,13)14)16-7-5-4-6-10(2,3)8-15/h9H,4-8,15H2,1-3H3. The number of hydrogen-bond donors (Lipinski definition) is 1. The van der Waals surface area contributed by atoms with Crippen molar-refractivity contribution in [2.45, 2.75) is 52.3 Å². The molecule has 0 saturated carbocycles. The molecule has 0 rings (SSSR count). The van der Waals surface area contributed by atoms with Gasteiger partial charge < -0.3 is 10.5 Å². The number of hydrogen-bond acceptors (Lipinski definition) is 2. The average Bonchev–Trinajstić information content (AvgIpc) is 2.15. The van der Waals surface area contributed by atoms with Gasteiger partial charge in [0.25, 0.3) is 0 Å². The van der Waals surface area contributed by atoms with E-state index < -0.39 is 12.3 Å². The Labute approximate surface area is 95.3 Å². The normalized spacial score (nSPS) is 15.2. The largest absolute Gasteiger partial charge is 0.414 e. The molecular weight excluding hydrogens is 219 g/mol. The van der Waals surface area contributed by atoms with Gasteiger partial charge in [-0.15, -0.1) is 0 Å². The van der Waals surface area contributed by atoms with E-state index in [0.717, 1.165) is 19.8 Å². The van der Waals surface area contributed by atoms with Crippen molar-refractivity contribution in [1.29, 1.82) is 0 Å². The predicted molar refractivity (Wildman–Crippen MR) is 58.2 cm³/mol. The number of alkyl halides is 3. The van der Waals surface area contributed by atoms with E-state index in [-0.39, 0.29) is 12.0 Å². The summed E-state index contributed by atoms with van der Waals surface area (Å²) in [5.74, 6) is 0. The summed E-state index contributed by atoms with van der Waals surface area (Å²) in [4.78, 5) is 0. The van der Waals surface area contributed by atoms with Crippen molar-refractivity contribution in [1.82, 2.24) is 0 Å². The van der Waals surface area contributed by atoms with E-state index in [1.165, 1.54) is 0 Å². The second kappa shape index (κ2) is 6.45. The Morgan fingerprint density at radius 2 is 1.75 bits per heavy atom. The highest BCUT2D eigenvalue weighted by Crippen LogP contribution is 2.24. The number of unbranched alkanes of at least 4 members (excludes halogenated alkanes) is 1.